The summed E-state index contributed by atoms with van der Waals surface area (Å²) in [6, 6.07) is 16.9. The van der Waals surface area contributed by atoms with Crippen molar-refractivity contribution in [3.63, 3.8) is 0 Å². The second-order valence-electron chi connectivity index (χ2n) is 7.25. The van der Waals surface area contributed by atoms with Crippen LogP contribution in [-0.4, -0.2) is 31.5 Å². The van der Waals surface area contributed by atoms with Gasteiger partial charge in [0.15, 0.2) is 5.44 Å². The summed E-state index contributed by atoms with van der Waals surface area (Å²) in [5, 5.41) is 0. The number of nitrogens with zero attached hydrogens (tertiary/aromatic N) is 2. The maximum atomic E-state index is 13.1. The van der Waals surface area contributed by atoms with E-state index >= 15 is 0 Å². The predicted octanol–water partition coefficient (Wildman–Crippen LogP) is 5.20. The maximum absolute atomic E-state index is 13.1. The molecule has 1 heterocycles. The van der Waals surface area contributed by atoms with E-state index in [2.05, 4.69) is 24.1 Å². The van der Waals surface area contributed by atoms with Crippen LogP contribution in [0.1, 0.15) is 32.1 Å². The van der Waals surface area contributed by atoms with E-state index in [-0.39, 0.29) is 5.91 Å². The van der Waals surface area contributed by atoms with E-state index < -0.39 is 5.44 Å². The number of thioether (sulfide) groups is 1. The molecule has 1 unspecified atom stereocenters. The lowest BCUT2D eigenvalue weighted by atomic mass is 9.94. The SMILES string of the molecule is COC1Sc2ccccc2N(c2cccc(N(C)C3CCCCC3)c2)C1=O. The Morgan fingerprint density at radius 3 is 2.63 bits per heavy atom. The minimum Gasteiger partial charge on any atom is -0.372 e. The molecule has 0 saturated heterocycles. The van der Waals surface area contributed by atoms with Crippen LogP contribution >= 0.6 is 11.8 Å². The van der Waals surface area contributed by atoms with Crippen molar-refractivity contribution in [3.05, 3.63) is 48.5 Å². The first-order valence-electron chi connectivity index (χ1n) is 9.64. The quantitative estimate of drug-likeness (QED) is 0.728. The van der Waals surface area contributed by atoms with Gasteiger partial charge < -0.3 is 9.64 Å². The Bertz CT molecular complexity index is 819. The third kappa shape index (κ3) is 3.58. The fraction of sp³-hybridized carbons (Fsp3) is 0.409. The molecular formula is C22H26N2O2S. The second kappa shape index (κ2) is 7.95. The number of methoxy groups -OCH3 is 1. The van der Waals surface area contributed by atoms with E-state index in [1.54, 1.807) is 12.0 Å². The minimum absolute atomic E-state index is 0.0290. The van der Waals surface area contributed by atoms with Crippen LogP contribution in [0.15, 0.2) is 53.4 Å². The van der Waals surface area contributed by atoms with E-state index in [1.807, 2.05) is 36.4 Å². The monoisotopic (exact) mass is 382 g/mol. The Morgan fingerprint density at radius 2 is 1.85 bits per heavy atom. The summed E-state index contributed by atoms with van der Waals surface area (Å²) in [4.78, 5) is 18.3. The summed E-state index contributed by atoms with van der Waals surface area (Å²) in [5.41, 5.74) is 2.48. The predicted molar refractivity (Wildman–Crippen MR) is 112 cm³/mol. The van der Waals surface area contributed by atoms with Crippen LogP contribution in [0.3, 0.4) is 0 Å². The van der Waals surface area contributed by atoms with E-state index in [0.717, 1.165) is 22.0 Å². The average molecular weight is 383 g/mol. The molecule has 1 aliphatic heterocycles. The van der Waals surface area contributed by atoms with E-state index in [0.29, 0.717) is 6.04 Å². The Morgan fingerprint density at radius 1 is 1.07 bits per heavy atom. The number of para-hydroxylation sites is 1. The van der Waals surface area contributed by atoms with Crippen molar-refractivity contribution < 1.29 is 9.53 Å². The summed E-state index contributed by atoms with van der Waals surface area (Å²) in [6.45, 7) is 0. The molecule has 1 amide bonds. The van der Waals surface area contributed by atoms with Crippen LogP contribution in [-0.2, 0) is 9.53 Å². The van der Waals surface area contributed by atoms with Gasteiger partial charge in [-0.2, -0.15) is 0 Å². The molecule has 142 valence electrons. The third-order valence-corrected chi connectivity index (χ3v) is 6.80. The van der Waals surface area contributed by atoms with Crippen molar-refractivity contribution in [3.8, 4) is 0 Å². The molecule has 1 saturated carbocycles. The van der Waals surface area contributed by atoms with Gasteiger partial charge in [-0.15, -0.1) is 0 Å². The number of hydrogen-bond donors (Lipinski definition) is 0. The number of anilines is 3. The van der Waals surface area contributed by atoms with Crippen LogP contribution in [0.25, 0.3) is 0 Å². The van der Waals surface area contributed by atoms with E-state index in [4.69, 9.17) is 4.74 Å². The zero-order valence-corrected chi connectivity index (χ0v) is 16.7. The summed E-state index contributed by atoms with van der Waals surface area (Å²) < 4.78 is 5.45. The number of fused-ring (bicyclic) bond motifs is 1. The van der Waals surface area contributed by atoms with Gasteiger partial charge in [0.2, 0.25) is 0 Å². The molecule has 1 atom stereocenters. The highest BCUT2D eigenvalue weighted by molar-refractivity contribution is 8.00. The molecule has 4 rings (SSSR count). The lowest BCUT2D eigenvalue weighted by molar-refractivity contribution is -0.123. The van der Waals surface area contributed by atoms with Crippen molar-refractivity contribution in [1.29, 1.82) is 0 Å². The number of ether oxygens (including phenoxy) is 1. The Balaban J connectivity index is 1.69. The molecule has 1 fully saturated rings. The molecule has 4 nitrogen and oxygen atoms in total. The van der Waals surface area contributed by atoms with Crippen LogP contribution < -0.4 is 9.80 Å². The highest BCUT2D eigenvalue weighted by Crippen LogP contribution is 2.43. The fourth-order valence-corrected chi connectivity index (χ4v) is 5.05. The Labute approximate surface area is 165 Å². The number of benzene rings is 2. The van der Waals surface area contributed by atoms with Gasteiger partial charge in [0.05, 0.1) is 11.4 Å². The molecule has 27 heavy (non-hydrogen) atoms. The molecule has 2 aliphatic rings. The molecule has 2 aromatic rings. The van der Waals surface area contributed by atoms with Gasteiger partial charge in [-0.25, -0.2) is 0 Å². The Hall–Kier alpha value is -1.98. The van der Waals surface area contributed by atoms with Gasteiger partial charge in [0, 0.05) is 30.8 Å². The molecule has 1 aliphatic carbocycles. The number of carbonyl (C=O) groups is 1. The van der Waals surface area contributed by atoms with Crippen LogP contribution in [0.5, 0.6) is 0 Å². The summed E-state index contributed by atoms with van der Waals surface area (Å²) in [5.74, 6) is -0.0290. The Kier molecular flexibility index (Phi) is 5.41. The topological polar surface area (TPSA) is 32.8 Å². The van der Waals surface area contributed by atoms with Gasteiger partial charge in [-0.05, 0) is 43.2 Å². The first kappa shape index (κ1) is 18.4. The normalized spacial score (nSPS) is 20.4. The number of hydrogen-bond acceptors (Lipinski definition) is 4. The van der Waals surface area contributed by atoms with Gasteiger partial charge in [0.25, 0.3) is 5.91 Å². The lowest BCUT2D eigenvalue weighted by Gasteiger charge is -2.35. The molecule has 0 bridgehead atoms. The molecule has 2 aromatic carbocycles. The second-order valence-corrected chi connectivity index (χ2v) is 8.35. The van der Waals surface area contributed by atoms with E-state index in [9.17, 15) is 4.79 Å². The van der Waals surface area contributed by atoms with Crippen LogP contribution in [0.2, 0.25) is 0 Å². The molecular weight excluding hydrogens is 356 g/mol. The largest absolute Gasteiger partial charge is 0.372 e. The standard InChI is InChI=1S/C22H26N2O2S/c1-23(16-9-4-3-5-10-16)17-11-8-12-18(15-17)24-19-13-6-7-14-20(19)27-22(26-2)21(24)25/h6-8,11-16,22H,3-5,9-10H2,1-2H3. The summed E-state index contributed by atoms with van der Waals surface area (Å²) >= 11 is 1.47. The van der Waals surface area contributed by atoms with E-state index in [1.165, 1.54) is 43.9 Å². The van der Waals surface area contributed by atoms with Crippen molar-refractivity contribution in [2.75, 3.05) is 24.0 Å². The van der Waals surface area contributed by atoms with Crippen molar-refractivity contribution in [2.45, 2.75) is 48.5 Å². The first-order chi connectivity index (χ1) is 13.2. The van der Waals surface area contributed by atoms with Crippen molar-refractivity contribution in [1.82, 2.24) is 0 Å². The average Bonchev–Trinajstić information content (AvgIpc) is 2.73. The number of carbonyl (C=O) groups excluding carboxylic acids is 1. The van der Waals surface area contributed by atoms with Gasteiger partial charge in [-0.3, -0.25) is 9.69 Å². The van der Waals surface area contributed by atoms with Crippen LogP contribution in [0.4, 0.5) is 17.1 Å². The molecule has 0 radical (unpaired) electrons. The molecule has 0 N–H and O–H groups in total. The summed E-state index contributed by atoms with van der Waals surface area (Å²) in [7, 11) is 3.77. The van der Waals surface area contributed by atoms with Gasteiger partial charge in [-0.1, -0.05) is 49.2 Å². The number of amides is 1. The van der Waals surface area contributed by atoms with Crippen LogP contribution in [0, 0.1) is 0 Å². The minimum atomic E-state index is -0.514. The smallest absolute Gasteiger partial charge is 0.271 e. The third-order valence-electron chi connectivity index (χ3n) is 5.59. The first-order valence-corrected chi connectivity index (χ1v) is 10.5. The zero-order valence-electron chi connectivity index (χ0n) is 15.9. The van der Waals surface area contributed by atoms with Crippen molar-refractivity contribution in [2.24, 2.45) is 0 Å². The highest BCUT2D eigenvalue weighted by Gasteiger charge is 2.34. The molecule has 5 heteroatoms. The van der Waals surface area contributed by atoms with Crippen molar-refractivity contribution >= 4 is 34.7 Å². The maximum Gasteiger partial charge on any atom is 0.271 e. The van der Waals surface area contributed by atoms with Gasteiger partial charge >= 0.3 is 0 Å². The van der Waals surface area contributed by atoms with Gasteiger partial charge in [0.1, 0.15) is 0 Å². The highest BCUT2D eigenvalue weighted by atomic mass is 32.2. The summed E-state index contributed by atoms with van der Waals surface area (Å²) in [6.07, 6.45) is 6.45. The molecule has 0 aromatic heterocycles. The fourth-order valence-electron chi connectivity index (χ4n) is 4.08. The zero-order chi connectivity index (χ0) is 18.8. The molecule has 0 spiro atoms. The lowest BCUT2D eigenvalue weighted by Crippen LogP contribution is -2.38. The number of rotatable bonds is 4.